The zero-order valence-electron chi connectivity index (χ0n) is 28.4. The Balaban J connectivity index is 1.60. The molecular formula is C42H45N3O. The molecule has 46 heavy (non-hydrogen) atoms. The highest BCUT2D eigenvalue weighted by molar-refractivity contribution is 5.96. The van der Waals surface area contributed by atoms with Crippen LogP contribution in [0.5, 0.6) is 5.75 Å². The number of hydrogen-bond acceptors (Lipinski definition) is 3. The summed E-state index contributed by atoms with van der Waals surface area (Å²) < 4.78 is 2.19. The van der Waals surface area contributed by atoms with Gasteiger partial charge in [-0.25, -0.2) is 4.98 Å². The van der Waals surface area contributed by atoms with Crippen LogP contribution in [0, 0.1) is 5.92 Å². The van der Waals surface area contributed by atoms with Crippen molar-refractivity contribution in [3.05, 3.63) is 120 Å². The largest absolute Gasteiger partial charge is 0.507 e. The standard InChI is InChI=1S/C42H45N3O/c1-27(2)22-28-20-21-43-36(23-28)30-15-12-14-29(24-30)33-18-13-19-37-38(33)44-40(45(37)32-16-10-9-11-17-32)34-25-31(41(3,4)5)26-35(39(34)46)42(6,7)8/h9-21,23-27,46H,22H2,1-8H3. The van der Waals surface area contributed by atoms with Gasteiger partial charge in [0.1, 0.15) is 11.6 Å². The number of imidazole rings is 1. The SMILES string of the molecule is CC(C)Cc1ccnc(-c2cccc(-c3cccc4c3nc(-c3cc(C(C)(C)C)cc(C(C)(C)C)c3O)n4-c3ccccc3)c2)c1. The number of para-hydroxylation sites is 2. The maximum atomic E-state index is 11.9. The lowest BCUT2D eigenvalue weighted by atomic mass is 9.79. The fourth-order valence-corrected chi connectivity index (χ4v) is 6.24. The van der Waals surface area contributed by atoms with Gasteiger partial charge in [0.2, 0.25) is 0 Å². The Kier molecular flexibility index (Phi) is 8.10. The van der Waals surface area contributed by atoms with Crippen LogP contribution >= 0.6 is 0 Å². The van der Waals surface area contributed by atoms with E-state index in [1.54, 1.807) is 0 Å². The third kappa shape index (κ3) is 6.09. The van der Waals surface area contributed by atoms with E-state index in [9.17, 15) is 5.11 Å². The second kappa shape index (κ2) is 11.9. The van der Waals surface area contributed by atoms with E-state index in [-0.39, 0.29) is 16.6 Å². The van der Waals surface area contributed by atoms with Crippen LogP contribution < -0.4 is 0 Å². The maximum absolute atomic E-state index is 11.9. The van der Waals surface area contributed by atoms with Crippen molar-refractivity contribution in [3.63, 3.8) is 0 Å². The number of phenols is 1. The number of pyridine rings is 1. The monoisotopic (exact) mass is 607 g/mol. The van der Waals surface area contributed by atoms with Gasteiger partial charge in [0.15, 0.2) is 0 Å². The molecule has 0 atom stereocenters. The maximum Gasteiger partial charge on any atom is 0.149 e. The van der Waals surface area contributed by atoms with Crippen LogP contribution in [0.3, 0.4) is 0 Å². The molecule has 0 amide bonds. The first-order chi connectivity index (χ1) is 21.8. The summed E-state index contributed by atoms with van der Waals surface area (Å²) in [5.41, 5.74) is 10.8. The molecule has 0 saturated heterocycles. The molecule has 0 saturated carbocycles. The predicted molar refractivity (Wildman–Crippen MR) is 193 cm³/mol. The number of phenolic OH excluding ortho intramolecular Hbond substituents is 1. The minimum atomic E-state index is -0.254. The van der Waals surface area contributed by atoms with Crippen molar-refractivity contribution >= 4 is 11.0 Å². The van der Waals surface area contributed by atoms with E-state index in [1.807, 2.05) is 24.4 Å². The molecule has 4 heteroatoms. The van der Waals surface area contributed by atoms with Crippen LogP contribution in [0.25, 0.3) is 50.5 Å². The van der Waals surface area contributed by atoms with Crippen LogP contribution in [0.2, 0.25) is 0 Å². The topological polar surface area (TPSA) is 50.9 Å². The van der Waals surface area contributed by atoms with Gasteiger partial charge < -0.3 is 5.11 Å². The van der Waals surface area contributed by atoms with Gasteiger partial charge in [-0.3, -0.25) is 9.55 Å². The summed E-state index contributed by atoms with van der Waals surface area (Å²) in [5, 5.41) is 11.9. The quantitative estimate of drug-likeness (QED) is 0.205. The third-order valence-electron chi connectivity index (χ3n) is 8.66. The molecule has 4 aromatic carbocycles. The fraction of sp³-hybridized carbons (Fsp3) is 0.286. The molecule has 0 fully saturated rings. The van der Waals surface area contributed by atoms with Gasteiger partial charge in [-0.1, -0.05) is 110 Å². The third-order valence-corrected chi connectivity index (χ3v) is 8.66. The Labute approximate surface area is 273 Å². The van der Waals surface area contributed by atoms with Crippen molar-refractivity contribution in [2.45, 2.75) is 72.6 Å². The van der Waals surface area contributed by atoms with Gasteiger partial charge >= 0.3 is 0 Å². The molecule has 0 unspecified atom stereocenters. The summed E-state index contributed by atoms with van der Waals surface area (Å²) in [6.07, 6.45) is 2.94. The predicted octanol–water partition coefficient (Wildman–Crippen LogP) is 10.9. The highest BCUT2D eigenvalue weighted by Crippen LogP contribution is 2.44. The lowest BCUT2D eigenvalue weighted by Crippen LogP contribution is -2.17. The van der Waals surface area contributed by atoms with Crippen molar-refractivity contribution in [2.24, 2.45) is 5.92 Å². The zero-order chi connectivity index (χ0) is 32.8. The number of hydrogen-bond donors (Lipinski definition) is 1. The zero-order valence-corrected chi connectivity index (χ0v) is 28.4. The van der Waals surface area contributed by atoms with Crippen LogP contribution in [0.4, 0.5) is 0 Å². The molecule has 234 valence electrons. The van der Waals surface area contributed by atoms with Crippen molar-refractivity contribution in [1.82, 2.24) is 14.5 Å². The molecule has 0 aliphatic heterocycles. The van der Waals surface area contributed by atoms with Gasteiger partial charge in [0.25, 0.3) is 0 Å². The summed E-state index contributed by atoms with van der Waals surface area (Å²) in [7, 11) is 0. The summed E-state index contributed by atoms with van der Waals surface area (Å²) in [6, 6.07) is 33.9. The first-order valence-electron chi connectivity index (χ1n) is 16.3. The van der Waals surface area contributed by atoms with Crippen LogP contribution in [-0.2, 0) is 17.3 Å². The molecule has 2 heterocycles. The number of fused-ring (bicyclic) bond motifs is 1. The minimum absolute atomic E-state index is 0.113. The molecule has 0 aliphatic rings. The van der Waals surface area contributed by atoms with Gasteiger partial charge in [0, 0.05) is 28.6 Å². The van der Waals surface area contributed by atoms with E-state index < -0.39 is 0 Å². The number of aromatic hydroxyl groups is 1. The molecule has 4 nitrogen and oxygen atoms in total. The lowest BCUT2D eigenvalue weighted by Gasteiger charge is -2.27. The van der Waals surface area contributed by atoms with E-state index in [4.69, 9.17) is 9.97 Å². The van der Waals surface area contributed by atoms with Gasteiger partial charge in [-0.2, -0.15) is 0 Å². The Morgan fingerprint density at radius 3 is 2.13 bits per heavy atom. The van der Waals surface area contributed by atoms with Gasteiger partial charge in [-0.15, -0.1) is 0 Å². The first-order valence-corrected chi connectivity index (χ1v) is 16.3. The summed E-state index contributed by atoms with van der Waals surface area (Å²) in [6.45, 7) is 17.6. The highest BCUT2D eigenvalue weighted by Gasteiger charge is 2.28. The Morgan fingerprint density at radius 2 is 1.43 bits per heavy atom. The van der Waals surface area contributed by atoms with E-state index in [0.29, 0.717) is 5.92 Å². The first kappa shape index (κ1) is 31.3. The minimum Gasteiger partial charge on any atom is -0.507 e. The number of nitrogens with zero attached hydrogens (tertiary/aromatic N) is 3. The second-order valence-electron chi connectivity index (χ2n) is 14.9. The molecule has 0 radical (unpaired) electrons. The van der Waals surface area contributed by atoms with E-state index in [0.717, 1.165) is 68.0 Å². The van der Waals surface area contributed by atoms with Crippen molar-refractivity contribution < 1.29 is 5.11 Å². The molecule has 1 N–H and O–H groups in total. The normalized spacial score (nSPS) is 12.3. The summed E-state index contributed by atoms with van der Waals surface area (Å²) >= 11 is 0. The summed E-state index contributed by atoms with van der Waals surface area (Å²) in [5.74, 6) is 1.59. The van der Waals surface area contributed by atoms with Crippen LogP contribution in [0.15, 0.2) is 103 Å². The number of rotatable bonds is 6. The average molecular weight is 608 g/mol. The number of aromatic nitrogens is 3. The van der Waals surface area contributed by atoms with E-state index in [1.165, 1.54) is 5.56 Å². The van der Waals surface area contributed by atoms with Gasteiger partial charge in [0.05, 0.1) is 22.3 Å². The van der Waals surface area contributed by atoms with Crippen LogP contribution in [-0.4, -0.2) is 19.6 Å². The lowest BCUT2D eigenvalue weighted by molar-refractivity contribution is 0.446. The molecule has 2 aromatic heterocycles. The fourth-order valence-electron chi connectivity index (χ4n) is 6.24. The molecule has 6 aromatic rings. The van der Waals surface area contributed by atoms with Crippen molar-refractivity contribution in [3.8, 4) is 45.2 Å². The average Bonchev–Trinajstić information content (AvgIpc) is 3.40. The molecule has 0 aliphatic carbocycles. The molecule has 6 rings (SSSR count). The molecular weight excluding hydrogens is 562 g/mol. The van der Waals surface area contributed by atoms with E-state index >= 15 is 0 Å². The van der Waals surface area contributed by atoms with E-state index in [2.05, 4.69) is 139 Å². The number of benzene rings is 4. The summed E-state index contributed by atoms with van der Waals surface area (Å²) in [4.78, 5) is 10.1. The van der Waals surface area contributed by atoms with Crippen molar-refractivity contribution in [1.29, 1.82) is 0 Å². The molecule has 0 spiro atoms. The Hall–Kier alpha value is -4.70. The van der Waals surface area contributed by atoms with Crippen LogP contribution in [0.1, 0.15) is 72.1 Å². The van der Waals surface area contributed by atoms with Crippen molar-refractivity contribution in [2.75, 3.05) is 0 Å². The Bertz CT molecular complexity index is 2020. The second-order valence-corrected chi connectivity index (χ2v) is 14.9. The molecule has 0 bridgehead atoms. The smallest absolute Gasteiger partial charge is 0.149 e. The highest BCUT2D eigenvalue weighted by atomic mass is 16.3. The Morgan fingerprint density at radius 1 is 0.717 bits per heavy atom. The van der Waals surface area contributed by atoms with Gasteiger partial charge in [-0.05, 0) is 82.3 Å².